The Morgan fingerprint density at radius 3 is 2.80 bits per heavy atom. The van der Waals surface area contributed by atoms with Crippen molar-refractivity contribution in [3.63, 3.8) is 0 Å². The van der Waals surface area contributed by atoms with Crippen LogP contribution in [0.15, 0.2) is 24.3 Å². The number of aliphatic hydroxyl groups excluding tert-OH is 1. The standard InChI is InChI=1S/C15H25N3O2/c1-2-3-8-18(10-11-19)9-7-15(20)17-14-6-4-5-13(16)12-14/h4-6,12,19H,2-3,7-11,16H2,1H3,(H,17,20). The lowest BCUT2D eigenvalue weighted by Gasteiger charge is -2.20. The molecule has 0 aliphatic heterocycles. The molecule has 0 heterocycles. The van der Waals surface area contributed by atoms with Crippen molar-refractivity contribution in [2.45, 2.75) is 26.2 Å². The zero-order valence-corrected chi connectivity index (χ0v) is 12.1. The summed E-state index contributed by atoms with van der Waals surface area (Å²) in [5.41, 5.74) is 7.02. The van der Waals surface area contributed by atoms with Crippen LogP contribution in [0.25, 0.3) is 0 Å². The molecule has 5 nitrogen and oxygen atoms in total. The molecular formula is C15H25N3O2. The molecule has 20 heavy (non-hydrogen) atoms. The first-order chi connectivity index (χ1) is 9.65. The van der Waals surface area contributed by atoms with Crippen molar-refractivity contribution in [2.24, 2.45) is 0 Å². The Labute approximate surface area is 120 Å². The molecule has 0 unspecified atom stereocenters. The Balaban J connectivity index is 2.37. The number of unbranched alkanes of at least 4 members (excludes halogenated alkanes) is 1. The summed E-state index contributed by atoms with van der Waals surface area (Å²) in [4.78, 5) is 14.0. The third-order valence-electron chi connectivity index (χ3n) is 3.07. The van der Waals surface area contributed by atoms with Crippen molar-refractivity contribution in [1.29, 1.82) is 0 Å². The molecule has 0 bridgehead atoms. The van der Waals surface area contributed by atoms with E-state index in [9.17, 15) is 4.79 Å². The molecule has 0 aliphatic carbocycles. The van der Waals surface area contributed by atoms with Crippen LogP contribution >= 0.6 is 0 Å². The number of amides is 1. The minimum atomic E-state index is -0.0324. The van der Waals surface area contributed by atoms with E-state index >= 15 is 0 Å². The van der Waals surface area contributed by atoms with Gasteiger partial charge in [0.15, 0.2) is 0 Å². The largest absolute Gasteiger partial charge is 0.399 e. The van der Waals surface area contributed by atoms with Gasteiger partial charge < -0.3 is 21.1 Å². The van der Waals surface area contributed by atoms with E-state index in [-0.39, 0.29) is 12.5 Å². The SMILES string of the molecule is CCCCN(CCO)CCC(=O)Nc1cccc(N)c1. The van der Waals surface area contributed by atoms with Gasteiger partial charge in [-0.2, -0.15) is 0 Å². The molecule has 1 amide bonds. The zero-order valence-electron chi connectivity index (χ0n) is 12.1. The summed E-state index contributed by atoms with van der Waals surface area (Å²) in [6.45, 7) is 4.45. The summed E-state index contributed by atoms with van der Waals surface area (Å²) in [6, 6.07) is 7.14. The molecule has 4 N–H and O–H groups in total. The Hall–Kier alpha value is -1.59. The number of nitrogens with one attached hydrogen (secondary N) is 1. The number of nitrogens with zero attached hydrogens (tertiary/aromatic N) is 1. The van der Waals surface area contributed by atoms with Crippen molar-refractivity contribution in [1.82, 2.24) is 4.90 Å². The molecule has 0 saturated carbocycles. The normalized spacial score (nSPS) is 10.8. The Bertz CT molecular complexity index is 410. The van der Waals surface area contributed by atoms with E-state index in [1.54, 1.807) is 12.1 Å². The Morgan fingerprint density at radius 2 is 2.15 bits per heavy atom. The van der Waals surface area contributed by atoms with Crippen molar-refractivity contribution < 1.29 is 9.90 Å². The van der Waals surface area contributed by atoms with Crippen molar-refractivity contribution in [2.75, 3.05) is 37.3 Å². The van der Waals surface area contributed by atoms with Crippen LogP contribution in [0.1, 0.15) is 26.2 Å². The van der Waals surface area contributed by atoms with Crippen LogP contribution in [-0.2, 0) is 4.79 Å². The fraction of sp³-hybridized carbons (Fsp3) is 0.533. The molecule has 0 spiro atoms. The van der Waals surface area contributed by atoms with E-state index in [4.69, 9.17) is 10.8 Å². The molecule has 1 aromatic rings. The number of nitrogen functional groups attached to an aromatic ring is 1. The summed E-state index contributed by atoms with van der Waals surface area (Å²) < 4.78 is 0. The second kappa shape index (κ2) is 9.34. The van der Waals surface area contributed by atoms with Crippen molar-refractivity contribution in [3.8, 4) is 0 Å². The smallest absolute Gasteiger partial charge is 0.225 e. The molecule has 0 atom stereocenters. The maximum Gasteiger partial charge on any atom is 0.225 e. The van der Waals surface area contributed by atoms with Gasteiger partial charge in [0.2, 0.25) is 5.91 Å². The van der Waals surface area contributed by atoms with Gasteiger partial charge in [-0.05, 0) is 31.2 Å². The Morgan fingerprint density at radius 1 is 1.35 bits per heavy atom. The maximum atomic E-state index is 11.9. The summed E-state index contributed by atoms with van der Waals surface area (Å²) in [5.74, 6) is -0.0324. The van der Waals surface area contributed by atoms with E-state index in [0.29, 0.717) is 25.2 Å². The minimum Gasteiger partial charge on any atom is -0.399 e. The van der Waals surface area contributed by atoms with Gasteiger partial charge in [-0.1, -0.05) is 19.4 Å². The third-order valence-corrected chi connectivity index (χ3v) is 3.07. The fourth-order valence-electron chi connectivity index (χ4n) is 1.96. The lowest BCUT2D eigenvalue weighted by Crippen LogP contribution is -2.31. The van der Waals surface area contributed by atoms with Crippen LogP contribution in [0.3, 0.4) is 0 Å². The second-order valence-corrected chi connectivity index (χ2v) is 4.84. The molecule has 0 aliphatic rings. The van der Waals surface area contributed by atoms with Crippen LogP contribution in [0.2, 0.25) is 0 Å². The summed E-state index contributed by atoms with van der Waals surface area (Å²) >= 11 is 0. The number of benzene rings is 1. The summed E-state index contributed by atoms with van der Waals surface area (Å²) in [6.07, 6.45) is 2.60. The summed E-state index contributed by atoms with van der Waals surface area (Å²) in [5, 5.41) is 11.8. The first-order valence-electron chi connectivity index (χ1n) is 7.14. The molecule has 0 radical (unpaired) electrons. The van der Waals surface area contributed by atoms with Crippen molar-refractivity contribution >= 4 is 17.3 Å². The van der Waals surface area contributed by atoms with Gasteiger partial charge >= 0.3 is 0 Å². The number of carbonyl (C=O) groups is 1. The maximum absolute atomic E-state index is 11.9. The second-order valence-electron chi connectivity index (χ2n) is 4.84. The highest BCUT2D eigenvalue weighted by atomic mass is 16.3. The first kappa shape index (κ1) is 16.5. The quantitative estimate of drug-likeness (QED) is 0.601. The van der Waals surface area contributed by atoms with E-state index in [1.807, 2.05) is 12.1 Å². The molecule has 1 aromatic carbocycles. The molecule has 0 aromatic heterocycles. The summed E-state index contributed by atoms with van der Waals surface area (Å²) in [7, 11) is 0. The van der Waals surface area contributed by atoms with Gasteiger partial charge in [-0.25, -0.2) is 0 Å². The number of aliphatic hydroxyl groups is 1. The van der Waals surface area contributed by atoms with E-state index in [1.165, 1.54) is 0 Å². The topological polar surface area (TPSA) is 78.6 Å². The van der Waals surface area contributed by atoms with Gasteiger partial charge in [-0.15, -0.1) is 0 Å². The van der Waals surface area contributed by atoms with Gasteiger partial charge in [0.1, 0.15) is 0 Å². The average Bonchev–Trinajstić information content (AvgIpc) is 2.42. The highest BCUT2D eigenvalue weighted by Crippen LogP contribution is 2.12. The number of anilines is 2. The van der Waals surface area contributed by atoms with Crippen LogP contribution < -0.4 is 11.1 Å². The predicted molar refractivity (Wildman–Crippen MR) is 82.5 cm³/mol. The zero-order chi connectivity index (χ0) is 14.8. The van der Waals surface area contributed by atoms with Gasteiger partial charge in [0.25, 0.3) is 0 Å². The highest BCUT2D eigenvalue weighted by molar-refractivity contribution is 5.91. The van der Waals surface area contributed by atoms with Gasteiger partial charge in [0, 0.05) is 30.9 Å². The monoisotopic (exact) mass is 279 g/mol. The number of hydrogen-bond acceptors (Lipinski definition) is 4. The average molecular weight is 279 g/mol. The van der Waals surface area contributed by atoms with E-state index in [0.717, 1.165) is 25.1 Å². The molecule has 112 valence electrons. The number of hydrogen-bond donors (Lipinski definition) is 3. The number of carbonyl (C=O) groups excluding carboxylic acids is 1. The highest BCUT2D eigenvalue weighted by Gasteiger charge is 2.08. The van der Waals surface area contributed by atoms with Crippen LogP contribution in [0, 0.1) is 0 Å². The minimum absolute atomic E-state index is 0.0324. The molecule has 1 rings (SSSR count). The van der Waals surface area contributed by atoms with Crippen molar-refractivity contribution in [3.05, 3.63) is 24.3 Å². The lowest BCUT2D eigenvalue weighted by molar-refractivity contribution is -0.116. The number of rotatable bonds is 9. The van der Waals surface area contributed by atoms with Gasteiger partial charge in [-0.3, -0.25) is 4.79 Å². The predicted octanol–water partition coefficient (Wildman–Crippen LogP) is 1.69. The van der Waals surface area contributed by atoms with Crippen LogP contribution in [0.4, 0.5) is 11.4 Å². The fourth-order valence-corrected chi connectivity index (χ4v) is 1.96. The van der Waals surface area contributed by atoms with E-state index in [2.05, 4.69) is 17.1 Å². The molecular weight excluding hydrogens is 254 g/mol. The molecule has 5 heteroatoms. The van der Waals surface area contributed by atoms with E-state index < -0.39 is 0 Å². The van der Waals surface area contributed by atoms with Gasteiger partial charge in [0.05, 0.1) is 6.61 Å². The lowest BCUT2D eigenvalue weighted by atomic mass is 10.2. The van der Waals surface area contributed by atoms with Crippen LogP contribution in [0.5, 0.6) is 0 Å². The number of nitrogens with two attached hydrogens (primary N) is 1. The molecule has 0 fully saturated rings. The molecule has 0 saturated heterocycles. The third kappa shape index (κ3) is 6.54. The van der Waals surface area contributed by atoms with Crippen LogP contribution in [-0.4, -0.2) is 42.2 Å². The Kier molecular flexibility index (Phi) is 7.69. The first-order valence-corrected chi connectivity index (χ1v) is 7.14.